The van der Waals surface area contributed by atoms with E-state index in [4.69, 9.17) is 9.84 Å². The quantitative estimate of drug-likeness (QED) is 0.916. The summed E-state index contributed by atoms with van der Waals surface area (Å²) in [7, 11) is 1.62. The lowest BCUT2D eigenvalue weighted by Gasteiger charge is -2.02. The van der Waals surface area contributed by atoms with Gasteiger partial charge in [0.2, 0.25) is 0 Å². The maximum Gasteiger partial charge on any atom is 0.346 e. The summed E-state index contributed by atoms with van der Waals surface area (Å²) < 4.78 is 5.11. The van der Waals surface area contributed by atoms with E-state index in [1.165, 1.54) is 11.3 Å². The van der Waals surface area contributed by atoms with Gasteiger partial charge in [-0.15, -0.1) is 11.3 Å². The topological polar surface area (TPSA) is 46.5 Å². The normalized spacial score (nSPS) is 10.4. The van der Waals surface area contributed by atoms with E-state index in [0.29, 0.717) is 4.88 Å². The number of carbonyl (C=O) groups is 1. The van der Waals surface area contributed by atoms with Gasteiger partial charge in [-0.25, -0.2) is 4.79 Å². The molecule has 0 radical (unpaired) electrons. The van der Waals surface area contributed by atoms with Crippen LogP contribution in [0, 0.1) is 13.8 Å². The van der Waals surface area contributed by atoms with Crippen molar-refractivity contribution in [3.8, 4) is 16.2 Å². The average molecular weight is 262 g/mol. The van der Waals surface area contributed by atoms with Gasteiger partial charge in [0.15, 0.2) is 0 Å². The molecular weight excluding hydrogens is 248 g/mol. The van der Waals surface area contributed by atoms with Crippen LogP contribution >= 0.6 is 11.3 Å². The van der Waals surface area contributed by atoms with E-state index < -0.39 is 5.97 Å². The fourth-order valence-corrected chi connectivity index (χ4v) is 2.98. The molecule has 0 bridgehead atoms. The zero-order chi connectivity index (χ0) is 13.3. The molecule has 1 aromatic heterocycles. The summed E-state index contributed by atoms with van der Waals surface area (Å²) in [4.78, 5) is 12.5. The summed E-state index contributed by atoms with van der Waals surface area (Å²) in [6.45, 7) is 3.81. The van der Waals surface area contributed by atoms with Crippen LogP contribution in [0.5, 0.6) is 5.75 Å². The molecule has 1 N–H and O–H groups in total. The lowest BCUT2D eigenvalue weighted by Crippen LogP contribution is -1.94. The Bertz CT molecular complexity index is 582. The van der Waals surface area contributed by atoms with Crippen molar-refractivity contribution in [3.63, 3.8) is 0 Å². The maximum atomic E-state index is 11.1. The number of carboxylic acids is 1. The minimum Gasteiger partial charge on any atom is -0.497 e. The molecule has 4 heteroatoms. The zero-order valence-corrected chi connectivity index (χ0v) is 11.3. The van der Waals surface area contributed by atoms with Crippen LogP contribution in [0.2, 0.25) is 0 Å². The number of aromatic carboxylic acids is 1. The van der Waals surface area contributed by atoms with Crippen molar-refractivity contribution in [1.82, 2.24) is 0 Å². The highest BCUT2D eigenvalue weighted by molar-refractivity contribution is 7.17. The minimum atomic E-state index is -0.861. The van der Waals surface area contributed by atoms with Crippen LogP contribution in [-0.2, 0) is 0 Å². The molecule has 0 saturated heterocycles. The van der Waals surface area contributed by atoms with Crippen molar-refractivity contribution in [2.45, 2.75) is 13.8 Å². The van der Waals surface area contributed by atoms with Gasteiger partial charge in [-0.2, -0.15) is 0 Å². The molecule has 1 heterocycles. The van der Waals surface area contributed by atoms with Gasteiger partial charge in [-0.05, 0) is 54.8 Å². The molecule has 3 nitrogen and oxygen atoms in total. The molecule has 0 saturated carbocycles. The molecule has 0 spiro atoms. The second-order valence-corrected chi connectivity index (χ2v) is 5.06. The van der Waals surface area contributed by atoms with Crippen molar-refractivity contribution < 1.29 is 14.6 Å². The van der Waals surface area contributed by atoms with E-state index in [1.807, 2.05) is 38.1 Å². The Balaban J connectivity index is 2.50. The second-order valence-electron chi connectivity index (χ2n) is 4.04. The minimum absolute atomic E-state index is 0.415. The number of thiophene rings is 1. The van der Waals surface area contributed by atoms with E-state index in [-0.39, 0.29) is 0 Å². The first-order valence-electron chi connectivity index (χ1n) is 5.52. The first-order valence-corrected chi connectivity index (χ1v) is 6.34. The Hall–Kier alpha value is -1.81. The molecule has 94 valence electrons. The summed E-state index contributed by atoms with van der Waals surface area (Å²) in [6.07, 6.45) is 0. The number of hydrogen-bond donors (Lipinski definition) is 1. The lowest BCUT2D eigenvalue weighted by molar-refractivity contribution is 0.0701. The van der Waals surface area contributed by atoms with Crippen LogP contribution in [0.25, 0.3) is 10.4 Å². The molecule has 18 heavy (non-hydrogen) atoms. The highest BCUT2D eigenvalue weighted by Crippen LogP contribution is 2.36. The van der Waals surface area contributed by atoms with E-state index >= 15 is 0 Å². The number of methoxy groups -OCH3 is 1. The number of hydrogen-bond acceptors (Lipinski definition) is 3. The molecular formula is C14H14O3S. The van der Waals surface area contributed by atoms with Gasteiger partial charge in [-0.3, -0.25) is 0 Å². The van der Waals surface area contributed by atoms with Gasteiger partial charge in [0.25, 0.3) is 0 Å². The highest BCUT2D eigenvalue weighted by atomic mass is 32.1. The Kier molecular flexibility index (Phi) is 3.39. The number of rotatable bonds is 3. The third kappa shape index (κ3) is 2.11. The first-order chi connectivity index (χ1) is 8.54. The molecule has 0 aliphatic heterocycles. The Morgan fingerprint density at radius 2 is 1.78 bits per heavy atom. The smallest absolute Gasteiger partial charge is 0.346 e. The van der Waals surface area contributed by atoms with Crippen LogP contribution in [-0.4, -0.2) is 18.2 Å². The largest absolute Gasteiger partial charge is 0.497 e. The van der Waals surface area contributed by atoms with Crippen LogP contribution in [0.3, 0.4) is 0 Å². The molecule has 0 fully saturated rings. The van der Waals surface area contributed by atoms with Crippen LogP contribution in [0.1, 0.15) is 20.8 Å². The molecule has 2 aromatic rings. The zero-order valence-electron chi connectivity index (χ0n) is 10.5. The Labute approximate surface area is 110 Å². The molecule has 1 aromatic carbocycles. The Morgan fingerprint density at radius 3 is 2.22 bits per heavy atom. The monoisotopic (exact) mass is 262 g/mol. The second kappa shape index (κ2) is 4.82. The third-order valence-electron chi connectivity index (χ3n) is 2.99. The van der Waals surface area contributed by atoms with Crippen LogP contribution in [0.15, 0.2) is 24.3 Å². The summed E-state index contributed by atoms with van der Waals surface area (Å²) in [5.74, 6) is -0.0662. The van der Waals surface area contributed by atoms with E-state index in [2.05, 4.69) is 0 Å². The fourth-order valence-electron chi connectivity index (χ4n) is 1.82. The molecule has 2 rings (SSSR count). The summed E-state index contributed by atoms with van der Waals surface area (Å²) >= 11 is 1.32. The summed E-state index contributed by atoms with van der Waals surface area (Å²) in [6, 6.07) is 7.65. The molecule has 0 unspecified atom stereocenters. The SMILES string of the molecule is COc1ccc(-c2sc(C(=O)O)c(C)c2C)cc1. The Morgan fingerprint density at radius 1 is 1.17 bits per heavy atom. The fraction of sp³-hybridized carbons (Fsp3) is 0.214. The predicted molar refractivity (Wildman–Crippen MR) is 72.7 cm³/mol. The lowest BCUT2D eigenvalue weighted by atomic mass is 10.1. The van der Waals surface area contributed by atoms with Crippen molar-refractivity contribution in [3.05, 3.63) is 40.3 Å². The van der Waals surface area contributed by atoms with Gasteiger partial charge in [0, 0.05) is 4.88 Å². The number of carboxylic acid groups (broad SMARTS) is 1. The average Bonchev–Trinajstić information content (AvgIpc) is 2.67. The summed E-state index contributed by atoms with van der Waals surface area (Å²) in [5, 5.41) is 9.12. The highest BCUT2D eigenvalue weighted by Gasteiger charge is 2.17. The number of ether oxygens (including phenoxy) is 1. The van der Waals surface area contributed by atoms with Crippen molar-refractivity contribution in [2.75, 3.05) is 7.11 Å². The maximum absolute atomic E-state index is 11.1. The van der Waals surface area contributed by atoms with Gasteiger partial charge in [0.1, 0.15) is 10.6 Å². The van der Waals surface area contributed by atoms with E-state index in [1.54, 1.807) is 7.11 Å². The van der Waals surface area contributed by atoms with Crippen LogP contribution < -0.4 is 4.74 Å². The van der Waals surface area contributed by atoms with E-state index in [0.717, 1.165) is 27.3 Å². The first kappa shape index (κ1) is 12.6. The molecule has 0 amide bonds. The van der Waals surface area contributed by atoms with Gasteiger partial charge < -0.3 is 9.84 Å². The molecule has 0 aliphatic carbocycles. The van der Waals surface area contributed by atoms with Crippen molar-refractivity contribution in [2.24, 2.45) is 0 Å². The number of benzene rings is 1. The van der Waals surface area contributed by atoms with E-state index in [9.17, 15) is 4.79 Å². The standard InChI is InChI=1S/C14H14O3S/c1-8-9(2)13(14(15)16)18-12(8)10-4-6-11(17-3)7-5-10/h4-7H,1-3H3,(H,15,16). The van der Waals surface area contributed by atoms with Crippen molar-refractivity contribution >= 4 is 17.3 Å². The van der Waals surface area contributed by atoms with Gasteiger partial charge in [0.05, 0.1) is 7.11 Å². The molecule has 0 atom stereocenters. The van der Waals surface area contributed by atoms with Crippen molar-refractivity contribution in [1.29, 1.82) is 0 Å². The summed E-state index contributed by atoms with van der Waals surface area (Å²) in [5.41, 5.74) is 2.90. The third-order valence-corrected chi connectivity index (χ3v) is 4.43. The van der Waals surface area contributed by atoms with Gasteiger partial charge in [-0.1, -0.05) is 0 Å². The molecule has 0 aliphatic rings. The predicted octanol–water partition coefficient (Wildman–Crippen LogP) is 3.74. The van der Waals surface area contributed by atoms with Gasteiger partial charge >= 0.3 is 5.97 Å². The van der Waals surface area contributed by atoms with Crippen LogP contribution in [0.4, 0.5) is 0 Å².